The molecule has 0 radical (unpaired) electrons. The van der Waals surface area contributed by atoms with E-state index in [0.717, 1.165) is 24.9 Å². The van der Waals surface area contributed by atoms with Crippen LogP contribution in [0, 0.1) is 11.8 Å². The van der Waals surface area contributed by atoms with Crippen molar-refractivity contribution in [3.05, 3.63) is 29.8 Å². The first-order valence-corrected chi connectivity index (χ1v) is 8.99. The van der Waals surface area contributed by atoms with Gasteiger partial charge in [-0.2, -0.15) is 0 Å². The largest absolute Gasteiger partial charge is 0.366 e. The van der Waals surface area contributed by atoms with Crippen molar-refractivity contribution in [1.82, 2.24) is 4.90 Å². The molecule has 5 nitrogen and oxygen atoms in total. The molecule has 3 atom stereocenters. The average molecular weight is 329 g/mol. The standard InChI is InChI=1S/C19H27N3O2/c1-13(22-11-10-14-4-2-3-5-16(14)12-22)19(24)21-17-8-6-15(7-9-17)18(20)23/h6-9,13-14,16H,2-5,10-12H2,1H3,(H2,20,23)(H,21,24)/t13-,14-,16-/m1/s1. The summed E-state index contributed by atoms with van der Waals surface area (Å²) in [5, 5.41) is 2.94. The van der Waals surface area contributed by atoms with Crippen molar-refractivity contribution in [3.8, 4) is 0 Å². The van der Waals surface area contributed by atoms with Crippen LogP contribution in [0.15, 0.2) is 24.3 Å². The van der Waals surface area contributed by atoms with Crippen LogP contribution in [0.2, 0.25) is 0 Å². The number of nitrogens with zero attached hydrogens (tertiary/aromatic N) is 1. The predicted molar refractivity (Wildman–Crippen MR) is 94.7 cm³/mol. The number of anilines is 1. The number of carbonyl (C=O) groups is 2. The zero-order chi connectivity index (χ0) is 17.1. The highest BCUT2D eigenvalue weighted by Gasteiger charge is 2.34. The number of fused-ring (bicyclic) bond motifs is 1. The third-order valence-corrected chi connectivity index (χ3v) is 5.69. The molecule has 1 saturated heterocycles. The van der Waals surface area contributed by atoms with Gasteiger partial charge in [-0.3, -0.25) is 14.5 Å². The Morgan fingerprint density at radius 2 is 1.79 bits per heavy atom. The quantitative estimate of drug-likeness (QED) is 0.891. The van der Waals surface area contributed by atoms with Gasteiger partial charge in [-0.05, 0) is 62.4 Å². The summed E-state index contributed by atoms with van der Waals surface area (Å²) in [7, 11) is 0. The molecule has 3 rings (SSSR count). The highest BCUT2D eigenvalue weighted by Crippen LogP contribution is 2.36. The zero-order valence-electron chi connectivity index (χ0n) is 14.3. The Kier molecular flexibility index (Phi) is 5.19. The monoisotopic (exact) mass is 329 g/mol. The highest BCUT2D eigenvalue weighted by atomic mass is 16.2. The number of primary amides is 1. The molecule has 1 aliphatic carbocycles. The first kappa shape index (κ1) is 17.0. The van der Waals surface area contributed by atoms with Crippen LogP contribution in [0.4, 0.5) is 5.69 Å². The van der Waals surface area contributed by atoms with Crippen molar-refractivity contribution >= 4 is 17.5 Å². The number of nitrogens with one attached hydrogen (secondary N) is 1. The van der Waals surface area contributed by atoms with Crippen LogP contribution >= 0.6 is 0 Å². The van der Waals surface area contributed by atoms with E-state index in [9.17, 15) is 9.59 Å². The van der Waals surface area contributed by atoms with Gasteiger partial charge < -0.3 is 11.1 Å². The van der Waals surface area contributed by atoms with E-state index in [2.05, 4.69) is 10.2 Å². The summed E-state index contributed by atoms with van der Waals surface area (Å²) in [5.41, 5.74) is 6.37. The molecule has 24 heavy (non-hydrogen) atoms. The van der Waals surface area contributed by atoms with E-state index in [0.29, 0.717) is 11.3 Å². The second-order valence-corrected chi connectivity index (χ2v) is 7.20. The van der Waals surface area contributed by atoms with Gasteiger partial charge >= 0.3 is 0 Å². The van der Waals surface area contributed by atoms with E-state index in [1.54, 1.807) is 24.3 Å². The molecule has 2 aliphatic rings. The number of piperidine rings is 1. The molecule has 2 amide bonds. The molecule has 1 aliphatic heterocycles. The summed E-state index contributed by atoms with van der Waals surface area (Å²) in [6.45, 7) is 4.03. The summed E-state index contributed by atoms with van der Waals surface area (Å²) in [5.74, 6) is 1.18. The maximum atomic E-state index is 12.5. The van der Waals surface area contributed by atoms with E-state index in [4.69, 9.17) is 5.73 Å². The molecule has 0 unspecified atom stereocenters. The van der Waals surface area contributed by atoms with Gasteiger partial charge in [0.05, 0.1) is 6.04 Å². The number of carbonyl (C=O) groups excluding carboxylic acids is 2. The van der Waals surface area contributed by atoms with Crippen LogP contribution in [-0.2, 0) is 4.79 Å². The van der Waals surface area contributed by atoms with Gasteiger partial charge in [-0.25, -0.2) is 0 Å². The Bertz CT molecular complexity index is 599. The first-order chi connectivity index (χ1) is 11.5. The van der Waals surface area contributed by atoms with Crippen molar-refractivity contribution in [2.24, 2.45) is 17.6 Å². The molecule has 1 heterocycles. The maximum absolute atomic E-state index is 12.5. The van der Waals surface area contributed by atoms with Gasteiger partial charge in [0.15, 0.2) is 0 Å². The minimum Gasteiger partial charge on any atom is -0.366 e. The van der Waals surface area contributed by atoms with Gasteiger partial charge in [0.1, 0.15) is 0 Å². The van der Waals surface area contributed by atoms with E-state index < -0.39 is 5.91 Å². The Balaban J connectivity index is 1.57. The number of hydrogen-bond donors (Lipinski definition) is 2. The molecular formula is C19H27N3O2. The van der Waals surface area contributed by atoms with Crippen molar-refractivity contribution in [2.75, 3.05) is 18.4 Å². The van der Waals surface area contributed by atoms with E-state index in [1.165, 1.54) is 32.1 Å². The number of likely N-dealkylation sites (tertiary alicyclic amines) is 1. The minimum atomic E-state index is -0.461. The van der Waals surface area contributed by atoms with Crippen LogP contribution < -0.4 is 11.1 Å². The molecule has 2 fully saturated rings. The zero-order valence-corrected chi connectivity index (χ0v) is 14.3. The maximum Gasteiger partial charge on any atom is 0.248 e. The summed E-state index contributed by atoms with van der Waals surface area (Å²) in [4.78, 5) is 26.0. The lowest BCUT2D eigenvalue weighted by Crippen LogP contribution is -2.49. The fraction of sp³-hybridized carbons (Fsp3) is 0.579. The lowest BCUT2D eigenvalue weighted by Gasteiger charge is -2.43. The molecular weight excluding hydrogens is 302 g/mol. The van der Waals surface area contributed by atoms with E-state index in [1.807, 2.05) is 6.92 Å². The van der Waals surface area contributed by atoms with Gasteiger partial charge in [0.2, 0.25) is 11.8 Å². The van der Waals surface area contributed by atoms with E-state index >= 15 is 0 Å². The summed E-state index contributed by atoms with van der Waals surface area (Å²) in [6, 6.07) is 6.58. The van der Waals surface area contributed by atoms with Gasteiger partial charge in [-0.15, -0.1) is 0 Å². The van der Waals surface area contributed by atoms with Crippen molar-refractivity contribution in [1.29, 1.82) is 0 Å². The van der Waals surface area contributed by atoms with Crippen molar-refractivity contribution in [2.45, 2.75) is 45.1 Å². The number of nitrogens with two attached hydrogens (primary N) is 1. The second-order valence-electron chi connectivity index (χ2n) is 7.20. The third-order valence-electron chi connectivity index (χ3n) is 5.69. The molecule has 0 aromatic heterocycles. The summed E-state index contributed by atoms with van der Waals surface area (Å²) >= 11 is 0. The number of benzene rings is 1. The van der Waals surface area contributed by atoms with Crippen LogP contribution in [0.25, 0.3) is 0 Å². The predicted octanol–water partition coefficient (Wildman–Crippen LogP) is 2.62. The Morgan fingerprint density at radius 3 is 2.46 bits per heavy atom. The highest BCUT2D eigenvalue weighted by molar-refractivity contribution is 5.96. The number of rotatable bonds is 4. The number of amides is 2. The summed E-state index contributed by atoms with van der Waals surface area (Å²) in [6.07, 6.45) is 6.60. The van der Waals surface area contributed by atoms with Crippen molar-refractivity contribution in [3.63, 3.8) is 0 Å². The smallest absolute Gasteiger partial charge is 0.248 e. The molecule has 130 valence electrons. The lowest BCUT2D eigenvalue weighted by molar-refractivity contribution is -0.122. The van der Waals surface area contributed by atoms with Crippen LogP contribution in [0.3, 0.4) is 0 Å². The molecule has 3 N–H and O–H groups in total. The van der Waals surface area contributed by atoms with Gasteiger partial charge in [0, 0.05) is 17.8 Å². The molecule has 0 spiro atoms. The molecule has 1 aromatic carbocycles. The van der Waals surface area contributed by atoms with Crippen LogP contribution in [0.5, 0.6) is 0 Å². The second kappa shape index (κ2) is 7.34. The van der Waals surface area contributed by atoms with Gasteiger partial charge in [-0.1, -0.05) is 19.3 Å². The minimum absolute atomic E-state index is 0.0103. The first-order valence-electron chi connectivity index (χ1n) is 8.99. The fourth-order valence-corrected chi connectivity index (χ4v) is 4.11. The van der Waals surface area contributed by atoms with Crippen LogP contribution in [0.1, 0.15) is 49.4 Å². The lowest BCUT2D eigenvalue weighted by atomic mass is 9.75. The fourth-order valence-electron chi connectivity index (χ4n) is 4.11. The molecule has 1 saturated carbocycles. The van der Waals surface area contributed by atoms with Crippen LogP contribution in [-0.4, -0.2) is 35.8 Å². The summed E-state index contributed by atoms with van der Waals surface area (Å²) < 4.78 is 0. The Morgan fingerprint density at radius 1 is 1.12 bits per heavy atom. The number of hydrogen-bond acceptors (Lipinski definition) is 3. The van der Waals surface area contributed by atoms with E-state index in [-0.39, 0.29) is 11.9 Å². The Labute approximate surface area is 143 Å². The normalized spacial score (nSPS) is 25.5. The van der Waals surface area contributed by atoms with Gasteiger partial charge in [0.25, 0.3) is 0 Å². The van der Waals surface area contributed by atoms with Crippen molar-refractivity contribution < 1.29 is 9.59 Å². The SMILES string of the molecule is C[C@H](C(=O)Nc1ccc(C(N)=O)cc1)N1CC[C@H]2CCCC[C@@H]2C1. The molecule has 0 bridgehead atoms. The Hall–Kier alpha value is -1.88. The molecule has 5 heteroatoms. The average Bonchev–Trinajstić information content (AvgIpc) is 2.61. The molecule has 1 aromatic rings. The topological polar surface area (TPSA) is 75.4 Å². The third kappa shape index (κ3) is 3.78.